The summed E-state index contributed by atoms with van der Waals surface area (Å²) in [6.45, 7) is 1.95. The van der Waals surface area contributed by atoms with Crippen LogP contribution >= 0.6 is 15.9 Å². The van der Waals surface area contributed by atoms with Gasteiger partial charge in [0.1, 0.15) is 24.0 Å². The van der Waals surface area contributed by atoms with Gasteiger partial charge in [-0.05, 0) is 35.0 Å². The number of ether oxygens (including phenoxy) is 1. The standard InChI is InChI=1S/C12H11BrFN3O/c1-7-4-11(15)17-12(16-7)6-18-10-5-8(14)2-3-9(10)13/h2-5H,6H2,1H3,(H2,15,16,17). The Balaban J connectivity index is 2.13. The number of benzene rings is 1. The Labute approximate surface area is 112 Å². The molecule has 94 valence electrons. The second-order valence-electron chi connectivity index (χ2n) is 3.71. The monoisotopic (exact) mass is 311 g/mol. The first kappa shape index (κ1) is 12.8. The number of nitrogen functional groups attached to an aromatic ring is 1. The van der Waals surface area contributed by atoms with E-state index >= 15 is 0 Å². The number of aromatic nitrogens is 2. The maximum absolute atomic E-state index is 13.0. The maximum Gasteiger partial charge on any atom is 0.168 e. The van der Waals surface area contributed by atoms with Crippen molar-refractivity contribution in [3.8, 4) is 5.75 Å². The van der Waals surface area contributed by atoms with E-state index in [1.54, 1.807) is 12.1 Å². The molecule has 0 radical (unpaired) electrons. The van der Waals surface area contributed by atoms with Crippen molar-refractivity contribution in [2.45, 2.75) is 13.5 Å². The molecule has 0 unspecified atom stereocenters. The Morgan fingerprint density at radius 1 is 1.33 bits per heavy atom. The van der Waals surface area contributed by atoms with Gasteiger partial charge in [-0.1, -0.05) is 0 Å². The SMILES string of the molecule is Cc1cc(N)nc(COc2cc(F)ccc2Br)n1. The Morgan fingerprint density at radius 3 is 2.83 bits per heavy atom. The molecule has 0 atom stereocenters. The highest BCUT2D eigenvalue weighted by Gasteiger charge is 2.05. The van der Waals surface area contributed by atoms with E-state index in [1.165, 1.54) is 12.1 Å². The van der Waals surface area contributed by atoms with Gasteiger partial charge < -0.3 is 10.5 Å². The molecule has 0 saturated heterocycles. The predicted octanol–water partition coefficient (Wildman–Crippen LogP) is 2.85. The molecule has 2 N–H and O–H groups in total. The topological polar surface area (TPSA) is 61.0 Å². The average molecular weight is 312 g/mol. The quantitative estimate of drug-likeness (QED) is 0.947. The molecule has 2 rings (SSSR count). The van der Waals surface area contributed by atoms with E-state index in [0.717, 1.165) is 5.69 Å². The van der Waals surface area contributed by atoms with Gasteiger partial charge in [0.15, 0.2) is 5.82 Å². The molecule has 4 nitrogen and oxygen atoms in total. The molecular formula is C12H11BrFN3O. The van der Waals surface area contributed by atoms with Crippen molar-refractivity contribution in [1.29, 1.82) is 0 Å². The number of rotatable bonds is 3. The van der Waals surface area contributed by atoms with Crippen molar-refractivity contribution in [3.05, 3.63) is 46.1 Å². The minimum absolute atomic E-state index is 0.133. The van der Waals surface area contributed by atoms with Crippen LogP contribution < -0.4 is 10.5 Å². The summed E-state index contributed by atoms with van der Waals surface area (Å²) in [6.07, 6.45) is 0. The zero-order valence-electron chi connectivity index (χ0n) is 9.65. The van der Waals surface area contributed by atoms with Crippen LogP contribution in [0.2, 0.25) is 0 Å². The van der Waals surface area contributed by atoms with Gasteiger partial charge in [-0.15, -0.1) is 0 Å². The summed E-state index contributed by atoms with van der Waals surface area (Å²) in [5, 5.41) is 0. The number of hydrogen-bond acceptors (Lipinski definition) is 4. The highest BCUT2D eigenvalue weighted by molar-refractivity contribution is 9.10. The summed E-state index contributed by atoms with van der Waals surface area (Å²) in [4.78, 5) is 8.21. The molecule has 0 spiro atoms. The normalized spacial score (nSPS) is 10.4. The largest absolute Gasteiger partial charge is 0.484 e. The summed E-state index contributed by atoms with van der Waals surface area (Å²) >= 11 is 3.28. The van der Waals surface area contributed by atoms with E-state index in [9.17, 15) is 4.39 Å². The molecular weight excluding hydrogens is 301 g/mol. The zero-order valence-corrected chi connectivity index (χ0v) is 11.2. The zero-order chi connectivity index (χ0) is 13.1. The van der Waals surface area contributed by atoms with Crippen LogP contribution in [0.1, 0.15) is 11.5 Å². The van der Waals surface area contributed by atoms with Crippen molar-refractivity contribution in [3.63, 3.8) is 0 Å². The second-order valence-corrected chi connectivity index (χ2v) is 4.57. The van der Waals surface area contributed by atoms with Gasteiger partial charge in [0.05, 0.1) is 4.47 Å². The molecule has 0 fully saturated rings. The first-order valence-electron chi connectivity index (χ1n) is 5.22. The first-order valence-corrected chi connectivity index (χ1v) is 6.02. The second kappa shape index (κ2) is 5.30. The summed E-state index contributed by atoms with van der Waals surface area (Å²) in [7, 11) is 0. The van der Waals surface area contributed by atoms with Crippen molar-refractivity contribution in [1.82, 2.24) is 9.97 Å². The van der Waals surface area contributed by atoms with Gasteiger partial charge in [-0.3, -0.25) is 0 Å². The lowest BCUT2D eigenvalue weighted by Gasteiger charge is -2.08. The molecule has 0 saturated carbocycles. The number of aryl methyl sites for hydroxylation is 1. The molecule has 0 amide bonds. The minimum Gasteiger partial charge on any atom is -0.484 e. The highest BCUT2D eigenvalue weighted by Crippen LogP contribution is 2.26. The molecule has 0 aliphatic carbocycles. The lowest BCUT2D eigenvalue weighted by Crippen LogP contribution is -2.05. The highest BCUT2D eigenvalue weighted by atomic mass is 79.9. The van der Waals surface area contributed by atoms with Crippen LogP contribution in [0.15, 0.2) is 28.7 Å². The first-order chi connectivity index (χ1) is 8.54. The van der Waals surface area contributed by atoms with E-state index in [2.05, 4.69) is 25.9 Å². The van der Waals surface area contributed by atoms with Crippen molar-refractivity contribution >= 4 is 21.7 Å². The lowest BCUT2D eigenvalue weighted by molar-refractivity contribution is 0.292. The summed E-state index contributed by atoms with van der Waals surface area (Å²) in [5.41, 5.74) is 6.37. The van der Waals surface area contributed by atoms with Gasteiger partial charge in [-0.25, -0.2) is 14.4 Å². The summed E-state index contributed by atoms with van der Waals surface area (Å²) < 4.78 is 19.2. The fraction of sp³-hybridized carbons (Fsp3) is 0.167. The Morgan fingerprint density at radius 2 is 2.11 bits per heavy atom. The number of nitrogens with zero attached hydrogens (tertiary/aromatic N) is 2. The van der Waals surface area contributed by atoms with Crippen molar-refractivity contribution in [2.24, 2.45) is 0 Å². The molecule has 1 aromatic heterocycles. The summed E-state index contributed by atoms with van der Waals surface area (Å²) in [6, 6.07) is 5.89. The Kier molecular flexibility index (Phi) is 3.76. The lowest BCUT2D eigenvalue weighted by atomic mass is 10.3. The van der Waals surface area contributed by atoms with Gasteiger partial charge in [0.2, 0.25) is 0 Å². The van der Waals surface area contributed by atoms with Crippen LogP contribution in [-0.2, 0) is 6.61 Å². The van der Waals surface area contributed by atoms with Gasteiger partial charge in [0, 0.05) is 17.8 Å². The molecule has 1 heterocycles. The third-order valence-corrected chi connectivity index (χ3v) is 2.83. The van der Waals surface area contributed by atoms with Crippen LogP contribution in [0.4, 0.5) is 10.2 Å². The smallest absolute Gasteiger partial charge is 0.168 e. The molecule has 0 aliphatic rings. The van der Waals surface area contributed by atoms with Crippen LogP contribution in [0.3, 0.4) is 0 Å². The van der Waals surface area contributed by atoms with Crippen LogP contribution in [0.25, 0.3) is 0 Å². The Hall–Kier alpha value is -1.69. The molecule has 0 bridgehead atoms. The van der Waals surface area contributed by atoms with E-state index in [0.29, 0.717) is 21.9 Å². The molecule has 0 aliphatic heterocycles. The van der Waals surface area contributed by atoms with Crippen molar-refractivity contribution < 1.29 is 9.13 Å². The predicted molar refractivity (Wildman–Crippen MR) is 69.6 cm³/mol. The fourth-order valence-corrected chi connectivity index (χ4v) is 1.81. The van der Waals surface area contributed by atoms with E-state index in [4.69, 9.17) is 10.5 Å². The van der Waals surface area contributed by atoms with E-state index in [-0.39, 0.29) is 12.4 Å². The molecule has 2 aromatic rings. The average Bonchev–Trinajstić information content (AvgIpc) is 2.29. The third-order valence-electron chi connectivity index (χ3n) is 2.17. The molecule has 6 heteroatoms. The van der Waals surface area contributed by atoms with Gasteiger partial charge >= 0.3 is 0 Å². The summed E-state index contributed by atoms with van der Waals surface area (Å²) in [5.74, 6) is 0.889. The fourth-order valence-electron chi connectivity index (χ4n) is 1.45. The van der Waals surface area contributed by atoms with Crippen LogP contribution in [0.5, 0.6) is 5.75 Å². The number of anilines is 1. The number of halogens is 2. The number of hydrogen-bond donors (Lipinski definition) is 1. The minimum atomic E-state index is -0.363. The molecule has 18 heavy (non-hydrogen) atoms. The van der Waals surface area contributed by atoms with Gasteiger partial charge in [0.25, 0.3) is 0 Å². The van der Waals surface area contributed by atoms with Crippen LogP contribution in [-0.4, -0.2) is 9.97 Å². The maximum atomic E-state index is 13.0. The Bertz CT molecular complexity index is 557. The number of nitrogens with two attached hydrogens (primary N) is 1. The van der Waals surface area contributed by atoms with Crippen molar-refractivity contribution in [2.75, 3.05) is 5.73 Å². The third kappa shape index (κ3) is 3.16. The van der Waals surface area contributed by atoms with Crippen LogP contribution in [0, 0.1) is 12.7 Å². The van der Waals surface area contributed by atoms with E-state index < -0.39 is 0 Å². The molecule has 1 aromatic carbocycles. The van der Waals surface area contributed by atoms with Gasteiger partial charge in [-0.2, -0.15) is 0 Å². The van der Waals surface area contributed by atoms with E-state index in [1.807, 2.05) is 6.92 Å².